The van der Waals surface area contributed by atoms with Crippen LogP contribution >= 0.6 is 0 Å². The molecule has 0 amide bonds. The zero-order valence-electron chi connectivity index (χ0n) is 13.6. The van der Waals surface area contributed by atoms with Crippen LogP contribution in [0.25, 0.3) is 10.9 Å². The maximum atomic E-state index is 12.1. The van der Waals surface area contributed by atoms with Crippen molar-refractivity contribution in [3.8, 4) is 11.5 Å². The Morgan fingerprint density at radius 2 is 2.00 bits per heavy atom. The number of aromatic carboxylic acids is 1. The number of aromatic nitrogens is 1. The minimum atomic E-state index is -1.23. The fraction of sp³-hybridized carbons (Fsp3) is 0.231. The molecule has 0 aliphatic carbocycles. The molecule has 0 saturated heterocycles. The molecule has 0 atom stereocenters. The summed E-state index contributed by atoms with van der Waals surface area (Å²) in [4.78, 5) is 23.2. The number of pyridine rings is 1. The second kappa shape index (κ2) is 7.10. The van der Waals surface area contributed by atoms with Crippen molar-refractivity contribution in [2.75, 3.05) is 6.79 Å². The standard InChI is InChI=1S/C13H11NO5.Ca.Zn.2H/c1-2-14-5-8(13(16)17)12(15)7-3-10-11(4-9(7)14)19-6-18-10;;;;/h3-5H,2,6H2,1H3,(H,16,17);;;;/q;+2;;2*-1. The molecule has 6 nitrogen and oxygen atoms in total. The Morgan fingerprint density at radius 1 is 1.38 bits per heavy atom. The number of rotatable bonds is 2. The molecule has 1 aliphatic rings. The minimum absolute atomic E-state index is 0. The van der Waals surface area contributed by atoms with Gasteiger partial charge in [0.25, 0.3) is 0 Å². The third-order valence-electron chi connectivity index (χ3n) is 3.15. The van der Waals surface area contributed by atoms with Crippen LogP contribution in [-0.4, -0.2) is 60.2 Å². The summed E-state index contributed by atoms with van der Waals surface area (Å²) in [5.74, 6) is -0.196. The number of carboxylic acid groups (broad SMARTS) is 1. The average molecular weight is 369 g/mol. The molecule has 0 radical (unpaired) electrons. The second-order valence-corrected chi connectivity index (χ2v) is 4.19. The van der Waals surface area contributed by atoms with Gasteiger partial charge in [-0.15, -0.1) is 0 Å². The Balaban J connectivity index is 0. The van der Waals surface area contributed by atoms with Crippen LogP contribution in [0.3, 0.4) is 0 Å². The number of ether oxygens (including phenoxy) is 2. The van der Waals surface area contributed by atoms with Crippen LogP contribution in [0.15, 0.2) is 23.1 Å². The van der Waals surface area contributed by atoms with E-state index in [1.165, 1.54) is 6.20 Å². The Labute approximate surface area is 165 Å². The van der Waals surface area contributed by atoms with Gasteiger partial charge in [0.15, 0.2) is 11.5 Å². The van der Waals surface area contributed by atoms with Crippen LogP contribution < -0.4 is 14.9 Å². The van der Waals surface area contributed by atoms with Crippen LogP contribution in [-0.2, 0) is 26.0 Å². The summed E-state index contributed by atoms with van der Waals surface area (Å²) in [6, 6.07) is 3.24. The van der Waals surface area contributed by atoms with Gasteiger partial charge < -0.3 is 22.0 Å². The predicted octanol–water partition coefficient (Wildman–Crippen LogP) is 1.29. The van der Waals surface area contributed by atoms with Gasteiger partial charge in [0.2, 0.25) is 12.2 Å². The van der Waals surface area contributed by atoms with E-state index in [1.807, 2.05) is 6.92 Å². The number of carbonyl (C=O) groups is 1. The molecule has 3 rings (SSSR count). The molecule has 21 heavy (non-hydrogen) atoms. The summed E-state index contributed by atoms with van der Waals surface area (Å²) < 4.78 is 12.2. The molecule has 2 heterocycles. The summed E-state index contributed by atoms with van der Waals surface area (Å²) in [5.41, 5.74) is -0.111. The quantitative estimate of drug-likeness (QED) is 0.808. The van der Waals surface area contributed by atoms with E-state index in [-0.39, 0.29) is 72.4 Å². The molecule has 2 aromatic rings. The average Bonchev–Trinajstić information content (AvgIpc) is 2.84. The van der Waals surface area contributed by atoms with Crippen LogP contribution in [0.5, 0.6) is 11.5 Å². The molecular formula is C13H13CaNO5Zn. The Kier molecular flexibility index (Phi) is 6.23. The van der Waals surface area contributed by atoms with Gasteiger partial charge in [0.1, 0.15) is 5.56 Å². The number of fused-ring (bicyclic) bond motifs is 2. The maximum absolute atomic E-state index is 12.1. The number of aryl methyl sites for hydroxylation is 1. The number of nitrogens with zero attached hydrogens (tertiary/aromatic N) is 1. The van der Waals surface area contributed by atoms with Crippen molar-refractivity contribution in [3.63, 3.8) is 0 Å². The SMILES string of the molecule is CCn1cc(C(=O)O)c(=O)c2cc3c(cc21)OCO3.[Ca+2].[H-].[H-].[Zn]. The van der Waals surface area contributed by atoms with E-state index >= 15 is 0 Å². The van der Waals surface area contributed by atoms with E-state index < -0.39 is 11.4 Å². The Morgan fingerprint density at radius 3 is 2.57 bits per heavy atom. The topological polar surface area (TPSA) is 77.8 Å². The summed E-state index contributed by atoms with van der Waals surface area (Å²) in [7, 11) is 0. The molecule has 1 aromatic carbocycles. The minimum Gasteiger partial charge on any atom is -1.00 e. The van der Waals surface area contributed by atoms with E-state index in [0.717, 1.165) is 0 Å². The fourth-order valence-corrected chi connectivity index (χ4v) is 2.19. The summed E-state index contributed by atoms with van der Waals surface area (Å²) in [6.45, 7) is 2.54. The molecule has 104 valence electrons. The normalized spacial score (nSPS) is 11.7. The van der Waals surface area contributed by atoms with Gasteiger partial charge in [-0.2, -0.15) is 0 Å². The molecule has 8 heteroatoms. The van der Waals surface area contributed by atoms with Crippen molar-refractivity contribution in [3.05, 3.63) is 34.1 Å². The van der Waals surface area contributed by atoms with Gasteiger partial charge in [-0.05, 0) is 13.0 Å². The van der Waals surface area contributed by atoms with Crippen molar-refractivity contribution in [2.24, 2.45) is 0 Å². The van der Waals surface area contributed by atoms with Gasteiger partial charge in [0.05, 0.1) is 10.9 Å². The summed E-state index contributed by atoms with van der Waals surface area (Å²) in [5, 5.41) is 9.39. The third-order valence-corrected chi connectivity index (χ3v) is 3.15. The van der Waals surface area contributed by atoms with Gasteiger partial charge in [-0.3, -0.25) is 4.79 Å². The summed E-state index contributed by atoms with van der Waals surface area (Å²) in [6.07, 6.45) is 1.36. The first-order valence-corrected chi connectivity index (χ1v) is 5.82. The zero-order chi connectivity index (χ0) is 13.6. The van der Waals surface area contributed by atoms with E-state index in [4.69, 9.17) is 14.6 Å². The van der Waals surface area contributed by atoms with Crippen molar-refractivity contribution >= 4 is 54.6 Å². The van der Waals surface area contributed by atoms with Crippen LogP contribution in [0.4, 0.5) is 0 Å². The van der Waals surface area contributed by atoms with Crippen molar-refractivity contribution in [1.29, 1.82) is 0 Å². The molecule has 1 aromatic heterocycles. The van der Waals surface area contributed by atoms with Gasteiger partial charge in [-0.1, -0.05) is 0 Å². The number of hydrogen-bond acceptors (Lipinski definition) is 4. The Bertz CT molecular complexity index is 768. The maximum Gasteiger partial charge on any atom is 2.00 e. The number of benzene rings is 1. The first kappa shape index (κ1) is 18.4. The van der Waals surface area contributed by atoms with Crippen molar-refractivity contribution in [2.45, 2.75) is 13.5 Å². The number of carboxylic acids is 1. The van der Waals surface area contributed by atoms with Crippen LogP contribution in [0.1, 0.15) is 20.1 Å². The smallest absolute Gasteiger partial charge is 1.00 e. The molecule has 0 saturated carbocycles. The third kappa shape index (κ3) is 3.11. The molecule has 0 spiro atoms. The van der Waals surface area contributed by atoms with E-state index in [2.05, 4.69) is 0 Å². The molecule has 0 bridgehead atoms. The number of hydrogen-bond donors (Lipinski definition) is 1. The monoisotopic (exact) mass is 367 g/mol. The molecular weight excluding hydrogens is 356 g/mol. The summed E-state index contributed by atoms with van der Waals surface area (Å²) >= 11 is 0. The van der Waals surface area contributed by atoms with Gasteiger partial charge in [0, 0.05) is 38.3 Å². The van der Waals surface area contributed by atoms with E-state index in [0.29, 0.717) is 28.9 Å². The predicted molar refractivity (Wildman–Crippen MR) is 74.9 cm³/mol. The Hall–Kier alpha value is -0.617. The van der Waals surface area contributed by atoms with Gasteiger partial charge in [-0.25, -0.2) is 4.79 Å². The molecule has 1 aliphatic heterocycles. The molecule has 0 fully saturated rings. The van der Waals surface area contributed by atoms with Crippen molar-refractivity contribution < 1.29 is 41.7 Å². The van der Waals surface area contributed by atoms with Crippen LogP contribution in [0, 0.1) is 0 Å². The fourth-order valence-electron chi connectivity index (χ4n) is 2.19. The van der Waals surface area contributed by atoms with E-state index in [1.54, 1.807) is 16.7 Å². The largest absolute Gasteiger partial charge is 2.00 e. The van der Waals surface area contributed by atoms with Crippen LogP contribution in [0.2, 0.25) is 0 Å². The first-order valence-electron chi connectivity index (χ1n) is 5.82. The molecule has 0 unspecified atom stereocenters. The second-order valence-electron chi connectivity index (χ2n) is 4.19. The van der Waals surface area contributed by atoms with E-state index in [9.17, 15) is 9.59 Å². The zero-order valence-corrected chi connectivity index (χ0v) is 16.8. The first-order chi connectivity index (χ1) is 9.11. The molecule has 1 N–H and O–H groups in total. The van der Waals surface area contributed by atoms with Gasteiger partial charge >= 0.3 is 43.7 Å². The van der Waals surface area contributed by atoms with Crippen molar-refractivity contribution in [1.82, 2.24) is 4.57 Å².